The zero-order valence-electron chi connectivity index (χ0n) is 8.81. The van der Waals surface area contributed by atoms with E-state index in [4.69, 9.17) is 17.0 Å². The number of hydrogen-bond donors (Lipinski definition) is 1. The molecule has 0 radical (unpaired) electrons. The lowest BCUT2D eigenvalue weighted by molar-refractivity contribution is 0.889. The van der Waals surface area contributed by atoms with Gasteiger partial charge in [0.1, 0.15) is 6.33 Å². The van der Waals surface area contributed by atoms with E-state index in [0.29, 0.717) is 23.0 Å². The van der Waals surface area contributed by atoms with Gasteiger partial charge in [0.25, 0.3) is 0 Å². The van der Waals surface area contributed by atoms with Gasteiger partial charge in [0.15, 0.2) is 5.82 Å². The van der Waals surface area contributed by atoms with E-state index in [9.17, 15) is 0 Å². The largest absolute Gasteiger partial charge is 0.316 e. The van der Waals surface area contributed by atoms with Crippen molar-refractivity contribution in [3.05, 3.63) is 47.0 Å². The Labute approximate surface area is 98.4 Å². The summed E-state index contributed by atoms with van der Waals surface area (Å²) >= 11 is 5.79. The van der Waals surface area contributed by atoms with Gasteiger partial charge in [0, 0.05) is 18.5 Å². The average Bonchev–Trinajstić information content (AvgIpc) is 2.68. The first-order valence-corrected chi connectivity index (χ1v) is 5.21. The van der Waals surface area contributed by atoms with Crippen molar-refractivity contribution in [3.63, 3.8) is 0 Å². The van der Waals surface area contributed by atoms with Gasteiger partial charge < -0.3 is 9.98 Å². The van der Waals surface area contributed by atoms with Crippen LogP contribution in [0.5, 0.6) is 0 Å². The van der Waals surface area contributed by atoms with Crippen molar-refractivity contribution in [2.75, 3.05) is 0 Å². The zero-order valence-corrected chi connectivity index (χ0v) is 9.57. The number of nitrogens with one attached hydrogen (secondary N) is 1. The minimum absolute atomic E-state index is 0.447. The molecule has 0 spiro atoms. The lowest BCUT2D eigenvalue weighted by atomic mass is 10.1. The lowest BCUT2D eigenvalue weighted by Crippen LogP contribution is -2.10. The molecule has 0 amide bonds. The summed E-state index contributed by atoms with van der Waals surface area (Å²) in [6, 6.07) is 7.46. The molecule has 1 heterocycles. The van der Waals surface area contributed by atoms with E-state index >= 15 is 0 Å². The molecule has 2 aromatic rings. The molecule has 0 fully saturated rings. The zero-order chi connectivity index (χ0) is 11.5. The minimum Gasteiger partial charge on any atom is -0.316 e. The molecular weight excluding hydrogens is 224 g/mol. The van der Waals surface area contributed by atoms with Gasteiger partial charge in [-0.05, 0) is 17.7 Å². The molecule has 2 rings (SSSR count). The first-order valence-electron chi connectivity index (χ1n) is 4.83. The summed E-state index contributed by atoms with van der Waals surface area (Å²) in [4.78, 5) is 0. The maximum absolute atomic E-state index is 7.92. The highest BCUT2D eigenvalue weighted by Crippen LogP contribution is 2.11. The van der Waals surface area contributed by atoms with E-state index in [1.54, 1.807) is 10.9 Å². The van der Waals surface area contributed by atoms with Gasteiger partial charge in [-0.2, -0.15) is 0 Å². The van der Waals surface area contributed by atoms with E-state index in [1.165, 1.54) is 0 Å². The molecule has 16 heavy (non-hydrogen) atoms. The van der Waals surface area contributed by atoms with Gasteiger partial charge in [-0.3, -0.25) is 0 Å². The van der Waals surface area contributed by atoms with E-state index < -0.39 is 0 Å². The van der Waals surface area contributed by atoms with E-state index in [1.807, 2.05) is 31.3 Å². The Kier molecular flexibility index (Phi) is 3.01. The van der Waals surface area contributed by atoms with Gasteiger partial charge in [-0.25, -0.2) is 0 Å². The summed E-state index contributed by atoms with van der Waals surface area (Å²) < 4.78 is 1.73. The molecule has 0 saturated carbocycles. The highest BCUT2D eigenvalue weighted by molar-refractivity contribution is 6.30. The van der Waals surface area contributed by atoms with Crippen molar-refractivity contribution in [2.45, 2.75) is 6.42 Å². The molecule has 4 nitrogen and oxygen atoms in total. The Morgan fingerprint density at radius 2 is 2.06 bits per heavy atom. The van der Waals surface area contributed by atoms with Crippen molar-refractivity contribution < 1.29 is 0 Å². The summed E-state index contributed by atoms with van der Waals surface area (Å²) in [7, 11) is 1.83. The van der Waals surface area contributed by atoms with Crippen LogP contribution in [0.1, 0.15) is 11.4 Å². The number of nitrogens with zero attached hydrogens (tertiary/aromatic N) is 3. The third-order valence-electron chi connectivity index (χ3n) is 2.28. The predicted molar refractivity (Wildman–Crippen MR) is 63.0 cm³/mol. The summed E-state index contributed by atoms with van der Waals surface area (Å²) in [5, 5.41) is 16.3. The molecular formula is C11H11ClN4. The predicted octanol–water partition coefficient (Wildman–Crippen LogP) is 2.08. The van der Waals surface area contributed by atoms with Crippen molar-refractivity contribution in [1.29, 1.82) is 5.41 Å². The fraction of sp³-hybridized carbons (Fsp3) is 0.182. The SMILES string of the molecule is Cn1cnnc1C(=N)Cc1ccc(Cl)cc1. The Morgan fingerprint density at radius 3 is 2.62 bits per heavy atom. The van der Waals surface area contributed by atoms with Crippen LogP contribution in [0, 0.1) is 5.41 Å². The second-order valence-corrected chi connectivity index (χ2v) is 3.98. The molecule has 0 aliphatic carbocycles. The monoisotopic (exact) mass is 234 g/mol. The fourth-order valence-electron chi connectivity index (χ4n) is 1.44. The van der Waals surface area contributed by atoms with Crippen LogP contribution in [0.4, 0.5) is 0 Å². The van der Waals surface area contributed by atoms with Crippen LogP contribution in [0.15, 0.2) is 30.6 Å². The van der Waals surface area contributed by atoms with Crippen molar-refractivity contribution in [1.82, 2.24) is 14.8 Å². The van der Waals surface area contributed by atoms with Crippen LogP contribution in [-0.4, -0.2) is 20.5 Å². The second-order valence-electron chi connectivity index (χ2n) is 3.55. The second kappa shape index (κ2) is 4.45. The minimum atomic E-state index is 0.447. The van der Waals surface area contributed by atoms with Crippen LogP contribution in [0.2, 0.25) is 5.02 Å². The van der Waals surface area contributed by atoms with Crippen LogP contribution < -0.4 is 0 Å². The van der Waals surface area contributed by atoms with Crippen molar-refractivity contribution in [3.8, 4) is 0 Å². The van der Waals surface area contributed by atoms with Gasteiger partial charge >= 0.3 is 0 Å². The number of halogens is 1. The highest BCUT2D eigenvalue weighted by atomic mass is 35.5. The molecule has 0 aliphatic heterocycles. The van der Waals surface area contributed by atoms with E-state index in [-0.39, 0.29) is 0 Å². The number of benzene rings is 1. The summed E-state index contributed by atoms with van der Waals surface area (Å²) in [5.74, 6) is 0.593. The van der Waals surface area contributed by atoms with Crippen molar-refractivity contribution in [2.24, 2.45) is 7.05 Å². The first kappa shape index (κ1) is 10.8. The number of aromatic nitrogens is 3. The molecule has 1 aromatic carbocycles. The average molecular weight is 235 g/mol. The summed E-state index contributed by atoms with van der Waals surface area (Å²) in [6.45, 7) is 0. The third kappa shape index (κ3) is 2.28. The smallest absolute Gasteiger partial charge is 0.177 e. The van der Waals surface area contributed by atoms with Crippen LogP contribution in [0.3, 0.4) is 0 Å². The Morgan fingerprint density at radius 1 is 1.38 bits per heavy atom. The maximum atomic E-state index is 7.92. The fourth-order valence-corrected chi connectivity index (χ4v) is 1.57. The highest BCUT2D eigenvalue weighted by Gasteiger charge is 2.08. The molecule has 1 aromatic heterocycles. The molecule has 0 aliphatic rings. The summed E-state index contributed by atoms with van der Waals surface area (Å²) in [6.07, 6.45) is 2.12. The third-order valence-corrected chi connectivity index (χ3v) is 2.53. The molecule has 0 unspecified atom stereocenters. The first-order chi connectivity index (χ1) is 7.66. The van der Waals surface area contributed by atoms with E-state index in [0.717, 1.165) is 5.56 Å². The van der Waals surface area contributed by atoms with Crippen molar-refractivity contribution >= 4 is 17.3 Å². The molecule has 0 bridgehead atoms. The quantitative estimate of drug-likeness (QED) is 0.827. The topological polar surface area (TPSA) is 54.6 Å². The standard InChI is InChI=1S/C11H11ClN4/c1-16-7-14-15-11(16)10(13)6-8-2-4-9(12)5-3-8/h2-5,7,13H,6H2,1H3. The van der Waals surface area contributed by atoms with Gasteiger partial charge in [-0.1, -0.05) is 23.7 Å². The molecule has 82 valence electrons. The van der Waals surface area contributed by atoms with Crippen LogP contribution in [-0.2, 0) is 13.5 Å². The van der Waals surface area contributed by atoms with Crippen LogP contribution in [0.25, 0.3) is 0 Å². The van der Waals surface area contributed by atoms with Crippen LogP contribution >= 0.6 is 11.6 Å². The number of aryl methyl sites for hydroxylation is 1. The van der Waals surface area contributed by atoms with E-state index in [2.05, 4.69) is 10.2 Å². The Bertz CT molecular complexity index is 501. The van der Waals surface area contributed by atoms with Gasteiger partial charge in [0.05, 0.1) is 5.71 Å². The van der Waals surface area contributed by atoms with Gasteiger partial charge in [0.2, 0.25) is 0 Å². The molecule has 0 atom stereocenters. The Balaban J connectivity index is 2.14. The lowest BCUT2D eigenvalue weighted by Gasteiger charge is -2.03. The molecule has 0 saturated heterocycles. The Hall–Kier alpha value is -1.68. The summed E-state index contributed by atoms with van der Waals surface area (Å²) in [5.41, 5.74) is 1.49. The number of hydrogen-bond acceptors (Lipinski definition) is 3. The maximum Gasteiger partial charge on any atom is 0.177 e. The molecule has 5 heteroatoms. The number of rotatable bonds is 3. The normalized spacial score (nSPS) is 10.4. The molecule has 1 N–H and O–H groups in total. The van der Waals surface area contributed by atoms with Gasteiger partial charge in [-0.15, -0.1) is 10.2 Å².